The summed E-state index contributed by atoms with van der Waals surface area (Å²) in [6.45, 7) is 6.16. The first-order chi connectivity index (χ1) is 14.8. The van der Waals surface area contributed by atoms with Crippen molar-refractivity contribution in [3.8, 4) is 16.8 Å². The van der Waals surface area contributed by atoms with Gasteiger partial charge in [0.1, 0.15) is 11.6 Å². The molecular formula is C26H24FN3O. The van der Waals surface area contributed by atoms with Gasteiger partial charge in [-0.05, 0) is 47.5 Å². The third kappa shape index (κ3) is 4.56. The van der Waals surface area contributed by atoms with Gasteiger partial charge in [-0.3, -0.25) is 4.79 Å². The van der Waals surface area contributed by atoms with Crippen LogP contribution in [0.2, 0.25) is 0 Å². The molecular weight excluding hydrogens is 389 g/mol. The van der Waals surface area contributed by atoms with Gasteiger partial charge in [0, 0.05) is 17.0 Å². The lowest BCUT2D eigenvalue weighted by molar-refractivity contribution is 0.102. The number of hydrogen-bond donors (Lipinski definition) is 1. The Labute approximate surface area is 181 Å². The predicted octanol–water partition coefficient (Wildman–Crippen LogP) is 6.23. The second-order valence-electron chi connectivity index (χ2n) is 8.45. The molecule has 0 saturated heterocycles. The highest BCUT2D eigenvalue weighted by molar-refractivity contribution is 6.04. The largest absolute Gasteiger partial charge is 0.306 e. The van der Waals surface area contributed by atoms with Crippen molar-refractivity contribution in [2.24, 2.45) is 0 Å². The summed E-state index contributed by atoms with van der Waals surface area (Å²) >= 11 is 0. The van der Waals surface area contributed by atoms with E-state index in [1.165, 1.54) is 12.1 Å². The van der Waals surface area contributed by atoms with E-state index < -0.39 is 0 Å². The van der Waals surface area contributed by atoms with Gasteiger partial charge < -0.3 is 5.32 Å². The van der Waals surface area contributed by atoms with Crippen LogP contribution in [0.5, 0.6) is 0 Å². The van der Waals surface area contributed by atoms with Crippen LogP contribution in [0.1, 0.15) is 36.8 Å². The molecule has 0 aliphatic rings. The Hall–Kier alpha value is -3.73. The quantitative estimate of drug-likeness (QED) is 0.431. The van der Waals surface area contributed by atoms with E-state index >= 15 is 0 Å². The van der Waals surface area contributed by atoms with Crippen LogP contribution in [0.4, 0.5) is 10.2 Å². The lowest BCUT2D eigenvalue weighted by atomic mass is 9.92. The summed E-state index contributed by atoms with van der Waals surface area (Å²) in [4.78, 5) is 12.9. The predicted molar refractivity (Wildman–Crippen MR) is 122 cm³/mol. The number of halogens is 1. The van der Waals surface area contributed by atoms with Crippen molar-refractivity contribution in [1.29, 1.82) is 0 Å². The Morgan fingerprint density at radius 2 is 1.48 bits per heavy atom. The summed E-state index contributed by atoms with van der Waals surface area (Å²) in [5.74, 6) is -0.0203. The molecule has 0 spiro atoms. The van der Waals surface area contributed by atoms with Crippen LogP contribution in [0.25, 0.3) is 16.8 Å². The molecule has 0 unspecified atom stereocenters. The minimum atomic E-state index is -0.323. The third-order valence-electron chi connectivity index (χ3n) is 5.04. The fraction of sp³-hybridized carbons (Fsp3) is 0.154. The Bertz CT molecular complexity index is 1190. The molecule has 3 aromatic carbocycles. The highest BCUT2D eigenvalue weighted by atomic mass is 19.1. The van der Waals surface area contributed by atoms with Crippen LogP contribution in [-0.4, -0.2) is 15.7 Å². The summed E-state index contributed by atoms with van der Waals surface area (Å²) in [6.07, 6.45) is 0. The van der Waals surface area contributed by atoms with Crippen LogP contribution < -0.4 is 5.32 Å². The molecule has 4 nitrogen and oxygen atoms in total. The van der Waals surface area contributed by atoms with Gasteiger partial charge in [0.05, 0.1) is 11.4 Å². The molecule has 0 aliphatic heterocycles. The smallest absolute Gasteiger partial charge is 0.256 e. The maximum atomic E-state index is 13.4. The number of rotatable bonds is 4. The average Bonchev–Trinajstić information content (AvgIpc) is 3.19. The molecule has 0 bridgehead atoms. The molecule has 156 valence electrons. The molecule has 0 fully saturated rings. The monoisotopic (exact) mass is 413 g/mol. The van der Waals surface area contributed by atoms with Gasteiger partial charge in [-0.15, -0.1) is 0 Å². The van der Waals surface area contributed by atoms with Crippen molar-refractivity contribution in [1.82, 2.24) is 9.78 Å². The highest BCUT2D eigenvalue weighted by Gasteiger charge is 2.22. The van der Waals surface area contributed by atoms with Gasteiger partial charge in [0.2, 0.25) is 0 Å². The molecule has 5 heteroatoms. The summed E-state index contributed by atoms with van der Waals surface area (Å²) in [6, 6.07) is 25.4. The topological polar surface area (TPSA) is 46.9 Å². The summed E-state index contributed by atoms with van der Waals surface area (Å²) in [5.41, 5.74) is 3.98. The number of benzene rings is 3. The Morgan fingerprint density at radius 3 is 2.10 bits per heavy atom. The van der Waals surface area contributed by atoms with Crippen molar-refractivity contribution in [2.45, 2.75) is 26.2 Å². The molecule has 0 saturated carbocycles. The molecule has 1 amide bonds. The van der Waals surface area contributed by atoms with E-state index in [-0.39, 0.29) is 17.1 Å². The van der Waals surface area contributed by atoms with E-state index in [1.807, 2.05) is 48.5 Å². The number of nitrogens with one attached hydrogen (secondary N) is 1. The number of carbonyl (C=O) groups is 1. The number of anilines is 1. The van der Waals surface area contributed by atoms with Crippen LogP contribution in [0.15, 0.2) is 84.9 Å². The summed E-state index contributed by atoms with van der Waals surface area (Å²) in [7, 11) is 0. The van der Waals surface area contributed by atoms with Crippen molar-refractivity contribution >= 4 is 11.7 Å². The zero-order valence-corrected chi connectivity index (χ0v) is 17.8. The molecule has 4 aromatic rings. The van der Waals surface area contributed by atoms with E-state index in [9.17, 15) is 9.18 Å². The second kappa shape index (κ2) is 8.19. The fourth-order valence-electron chi connectivity index (χ4n) is 3.25. The van der Waals surface area contributed by atoms with Crippen LogP contribution in [0, 0.1) is 5.82 Å². The number of carbonyl (C=O) groups excluding carboxylic acids is 1. The van der Waals surface area contributed by atoms with Crippen LogP contribution in [0.3, 0.4) is 0 Å². The minimum absolute atomic E-state index is 0.206. The third-order valence-corrected chi connectivity index (χ3v) is 5.04. The van der Waals surface area contributed by atoms with Gasteiger partial charge in [0.25, 0.3) is 5.91 Å². The lowest BCUT2D eigenvalue weighted by Crippen LogP contribution is -2.15. The Morgan fingerprint density at radius 1 is 0.871 bits per heavy atom. The number of nitrogens with zero attached hydrogens (tertiary/aromatic N) is 2. The maximum absolute atomic E-state index is 13.4. The number of hydrogen-bond acceptors (Lipinski definition) is 2. The minimum Gasteiger partial charge on any atom is -0.306 e. The molecule has 4 rings (SSSR count). The molecule has 1 aromatic heterocycles. The highest BCUT2D eigenvalue weighted by Crippen LogP contribution is 2.27. The summed E-state index contributed by atoms with van der Waals surface area (Å²) in [5, 5.41) is 7.62. The first-order valence-corrected chi connectivity index (χ1v) is 10.1. The lowest BCUT2D eigenvalue weighted by Gasteiger charge is -2.14. The van der Waals surface area contributed by atoms with Gasteiger partial charge in [-0.1, -0.05) is 63.2 Å². The molecule has 1 heterocycles. The van der Waals surface area contributed by atoms with E-state index in [0.29, 0.717) is 17.1 Å². The maximum Gasteiger partial charge on any atom is 0.256 e. The molecule has 0 aliphatic carbocycles. The molecule has 31 heavy (non-hydrogen) atoms. The second-order valence-corrected chi connectivity index (χ2v) is 8.45. The number of aromatic nitrogens is 2. The van der Waals surface area contributed by atoms with Gasteiger partial charge >= 0.3 is 0 Å². The number of amides is 1. The van der Waals surface area contributed by atoms with Crippen molar-refractivity contribution in [3.63, 3.8) is 0 Å². The zero-order chi connectivity index (χ0) is 22.0. The van der Waals surface area contributed by atoms with E-state index in [0.717, 1.165) is 16.8 Å². The molecule has 0 atom stereocenters. The molecule has 1 N–H and O–H groups in total. The Balaban J connectivity index is 1.63. The fourth-order valence-corrected chi connectivity index (χ4v) is 3.25. The first kappa shape index (κ1) is 20.5. The van der Waals surface area contributed by atoms with Crippen molar-refractivity contribution < 1.29 is 9.18 Å². The average molecular weight is 413 g/mol. The van der Waals surface area contributed by atoms with Gasteiger partial charge in [-0.2, -0.15) is 5.10 Å². The van der Waals surface area contributed by atoms with Gasteiger partial charge in [-0.25, -0.2) is 9.07 Å². The van der Waals surface area contributed by atoms with E-state index in [2.05, 4.69) is 31.2 Å². The summed E-state index contributed by atoms with van der Waals surface area (Å²) < 4.78 is 15.0. The van der Waals surface area contributed by atoms with Crippen LogP contribution >= 0.6 is 0 Å². The van der Waals surface area contributed by atoms with E-state index in [1.54, 1.807) is 28.9 Å². The Kier molecular flexibility index (Phi) is 5.42. The van der Waals surface area contributed by atoms with Crippen LogP contribution in [-0.2, 0) is 5.41 Å². The van der Waals surface area contributed by atoms with Gasteiger partial charge in [0.15, 0.2) is 0 Å². The first-order valence-electron chi connectivity index (χ1n) is 10.1. The van der Waals surface area contributed by atoms with Crippen molar-refractivity contribution in [2.75, 3.05) is 5.32 Å². The standard InChI is InChI=1S/C26H24FN3O/c1-26(2,3)23-17-24(30(29-23)22-15-13-21(27)14-16-22)28-25(31)20-11-9-19(10-12-20)18-7-5-4-6-8-18/h4-17H,1-3H3,(H,28,31). The SMILES string of the molecule is CC(C)(C)c1cc(NC(=O)c2ccc(-c3ccccc3)cc2)n(-c2ccc(F)cc2)n1. The molecule has 0 radical (unpaired) electrons. The normalized spacial score (nSPS) is 11.4. The van der Waals surface area contributed by atoms with Crippen molar-refractivity contribution in [3.05, 3.63) is 102 Å². The van der Waals surface area contributed by atoms with E-state index in [4.69, 9.17) is 0 Å². The zero-order valence-electron chi connectivity index (χ0n) is 17.8.